The highest BCUT2D eigenvalue weighted by Gasteiger charge is 2.22. The van der Waals surface area contributed by atoms with Gasteiger partial charge in [0.1, 0.15) is 0 Å². The highest BCUT2D eigenvalue weighted by Crippen LogP contribution is 2.29. The lowest BCUT2D eigenvalue weighted by Gasteiger charge is -2.28. The van der Waals surface area contributed by atoms with Gasteiger partial charge in [0.2, 0.25) is 0 Å². The Kier molecular flexibility index (Phi) is 9.58. The van der Waals surface area contributed by atoms with Crippen LogP contribution in [0.3, 0.4) is 0 Å². The lowest BCUT2D eigenvalue weighted by molar-refractivity contribution is 0.277. The molecule has 1 aromatic rings. The predicted octanol–water partition coefficient (Wildman–Crippen LogP) is 5.12. The molecule has 4 N–H and O–H groups in total. The third-order valence-corrected chi connectivity index (χ3v) is 4.93. The summed E-state index contributed by atoms with van der Waals surface area (Å²) >= 11 is 0. The van der Waals surface area contributed by atoms with Crippen LogP contribution in [0.1, 0.15) is 64.0 Å². The van der Waals surface area contributed by atoms with Gasteiger partial charge in [0, 0.05) is 6.04 Å². The van der Waals surface area contributed by atoms with Crippen LogP contribution in [0.4, 0.5) is 0 Å². The Bertz CT molecular complexity index is 450. The fraction of sp³-hybridized carbons (Fsp3) is 0.524. The van der Waals surface area contributed by atoms with Crippen molar-refractivity contribution in [2.24, 2.45) is 16.9 Å². The van der Waals surface area contributed by atoms with E-state index in [0.29, 0.717) is 5.41 Å². The van der Waals surface area contributed by atoms with Crippen molar-refractivity contribution in [3.63, 3.8) is 0 Å². The van der Waals surface area contributed by atoms with Crippen LogP contribution in [0.25, 0.3) is 0 Å². The molecule has 0 heterocycles. The normalized spacial score (nSPS) is 13.9. The first-order valence-electron chi connectivity index (χ1n) is 8.98. The molecule has 0 saturated carbocycles. The van der Waals surface area contributed by atoms with E-state index in [0.717, 1.165) is 45.1 Å². The summed E-state index contributed by atoms with van der Waals surface area (Å²) in [7, 11) is 0. The number of rotatable bonds is 11. The van der Waals surface area contributed by atoms with E-state index in [4.69, 9.17) is 11.5 Å². The van der Waals surface area contributed by atoms with E-state index in [9.17, 15) is 0 Å². The van der Waals surface area contributed by atoms with Crippen LogP contribution >= 0.6 is 0 Å². The van der Waals surface area contributed by atoms with Crippen molar-refractivity contribution in [1.82, 2.24) is 0 Å². The van der Waals surface area contributed by atoms with E-state index in [1.54, 1.807) is 0 Å². The van der Waals surface area contributed by atoms with E-state index in [2.05, 4.69) is 50.3 Å². The van der Waals surface area contributed by atoms with Gasteiger partial charge in [-0.15, -0.1) is 0 Å². The molecule has 1 aromatic carbocycles. The molecular formula is C21H34N2. The molecule has 0 saturated heterocycles. The minimum absolute atomic E-state index is 0.0993. The highest BCUT2D eigenvalue weighted by molar-refractivity contribution is 5.19. The Balaban J connectivity index is 2.23. The SMILES string of the molecule is CCC(CC)(CN)C/C=C/CC/C=C/CC(N)c1ccccc1. The van der Waals surface area contributed by atoms with Crippen LogP contribution in [0, 0.1) is 5.41 Å². The van der Waals surface area contributed by atoms with Gasteiger partial charge >= 0.3 is 0 Å². The van der Waals surface area contributed by atoms with Crippen molar-refractivity contribution in [2.75, 3.05) is 6.54 Å². The first-order chi connectivity index (χ1) is 11.2. The molecule has 128 valence electrons. The van der Waals surface area contributed by atoms with E-state index in [1.807, 2.05) is 18.2 Å². The summed E-state index contributed by atoms with van der Waals surface area (Å²) in [4.78, 5) is 0. The number of benzene rings is 1. The lowest BCUT2D eigenvalue weighted by atomic mass is 9.79. The maximum atomic E-state index is 6.17. The van der Waals surface area contributed by atoms with Gasteiger partial charge < -0.3 is 11.5 Å². The average molecular weight is 315 g/mol. The lowest BCUT2D eigenvalue weighted by Crippen LogP contribution is -2.28. The molecule has 23 heavy (non-hydrogen) atoms. The number of nitrogens with two attached hydrogens (primary N) is 2. The zero-order valence-corrected chi connectivity index (χ0v) is 14.9. The van der Waals surface area contributed by atoms with E-state index < -0.39 is 0 Å². The quantitative estimate of drug-likeness (QED) is 0.440. The third kappa shape index (κ3) is 7.15. The number of unbranched alkanes of at least 4 members (excludes halogenated alkanes) is 1. The zero-order chi connectivity index (χ0) is 17.0. The molecular weight excluding hydrogens is 280 g/mol. The average Bonchev–Trinajstić information content (AvgIpc) is 2.61. The summed E-state index contributed by atoms with van der Waals surface area (Å²) in [6.07, 6.45) is 15.5. The Morgan fingerprint density at radius 1 is 0.957 bits per heavy atom. The Morgan fingerprint density at radius 2 is 1.57 bits per heavy atom. The van der Waals surface area contributed by atoms with E-state index in [1.165, 1.54) is 5.56 Å². The second-order valence-electron chi connectivity index (χ2n) is 6.39. The van der Waals surface area contributed by atoms with Gasteiger partial charge in [-0.25, -0.2) is 0 Å². The molecule has 0 aliphatic heterocycles. The summed E-state index contributed by atoms with van der Waals surface area (Å²) in [6.45, 7) is 5.26. The maximum absolute atomic E-state index is 6.17. The first-order valence-corrected chi connectivity index (χ1v) is 8.98. The van der Waals surface area contributed by atoms with Gasteiger partial charge in [0.25, 0.3) is 0 Å². The van der Waals surface area contributed by atoms with Crippen LogP contribution < -0.4 is 11.5 Å². The fourth-order valence-electron chi connectivity index (χ4n) is 2.75. The molecule has 0 amide bonds. The summed E-state index contributed by atoms with van der Waals surface area (Å²) in [5, 5.41) is 0. The summed E-state index contributed by atoms with van der Waals surface area (Å²) in [5.74, 6) is 0. The minimum atomic E-state index is 0.0993. The number of hydrogen-bond acceptors (Lipinski definition) is 2. The van der Waals surface area contributed by atoms with Crippen LogP contribution in [0.2, 0.25) is 0 Å². The Hall–Kier alpha value is -1.38. The molecule has 2 heteroatoms. The topological polar surface area (TPSA) is 52.0 Å². The monoisotopic (exact) mass is 314 g/mol. The van der Waals surface area contributed by atoms with Gasteiger partial charge in [0.05, 0.1) is 0 Å². The van der Waals surface area contributed by atoms with Gasteiger partial charge in [-0.2, -0.15) is 0 Å². The maximum Gasteiger partial charge on any atom is 0.0329 e. The van der Waals surface area contributed by atoms with Gasteiger partial charge in [-0.1, -0.05) is 68.5 Å². The number of allylic oxidation sites excluding steroid dienone is 3. The third-order valence-electron chi connectivity index (χ3n) is 4.93. The zero-order valence-electron chi connectivity index (χ0n) is 14.9. The predicted molar refractivity (Wildman–Crippen MR) is 102 cm³/mol. The number of hydrogen-bond donors (Lipinski definition) is 2. The summed E-state index contributed by atoms with van der Waals surface area (Å²) < 4.78 is 0. The van der Waals surface area contributed by atoms with Crippen molar-refractivity contribution < 1.29 is 0 Å². The molecule has 0 aromatic heterocycles. The fourth-order valence-corrected chi connectivity index (χ4v) is 2.75. The molecule has 2 nitrogen and oxygen atoms in total. The van der Waals surface area contributed by atoms with Gasteiger partial charge in [-0.3, -0.25) is 0 Å². The Morgan fingerprint density at radius 3 is 2.13 bits per heavy atom. The molecule has 0 spiro atoms. The van der Waals surface area contributed by atoms with Crippen LogP contribution in [0.5, 0.6) is 0 Å². The largest absolute Gasteiger partial charge is 0.330 e. The highest BCUT2D eigenvalue weighted by atomic mass is 14.6. The van der Waals surface area contributed by atoms with Gasteiger partial charge in [-0.05, 0) is 56.0 Å². The molecule has 1 atom stereocenters. The standard InChI is InChI=1S/C21H34N2/c1-3-21(4-2,18-22)17-13-8-6-5-7-12-16-20(23)19-14-10-9-11-15-19/h7-15,20H,3-6,16-18,22-23H2,1-2H3/b12-7+,13-8+. The molecule has 0 aliphatic carbocycles. The van der Waals surface area contributed by atoms with Crippen molar-refractivity contribution >= 4 is 0 Å². The molecule has 1 unspecified atom stereocenters. The Labute approximate surface area is 142 Å². The van der Waals surface area contributed by atoms with Gasteiger partial charge in [0.15, 0.2) is 0 Å². The van der Waals surface area contributed by atoms with Crippen LogP contribution in [0.15, 0.2) is 54.6 Å². The van der Waals surface area contributed by atoms with Crippen molar-refractivity contribution in [3.05, 3.63) is 60.2 Å². The second-order valence-corrected chi connectivity index (χ2v) is 6.39. The minimum Gasteiger partial charge on any atom is -0.330 e. The second kappa shape index (κ2) is 11.2. The molecule has 0 aliphatic rings. The molecule has 0 radical (unpaired) electrons. The van der Waals surface area contributed by atoms with E-state index >= 15 is 0 Å². The molecule has 1 rings (SSSR count). The summed E-state index contributed by atoms with van der Waals surface area (Å²) in [6, 6.07) is 10.4. The van der Waals surface area contributed by atoms with Crippen molar-refractivity contribution in [2.45, 2.75) is 58.4 Å². The van der Waals surface area contributed by atoms with Crippen molar-refractivity contribution in [1.29, 1.82) is 0 Å². The van der Waals surface area contributed by atoms with Crippen LogP contribution in [-0.4, -0.2) is 6.54 Å². The first kappa shape index (κ1) is 19.7. The van der Waals surface area contributed by atoms with Crippen molar-refractivity contribution in [3.8, 4) is 0 Å². The smallest absolute Gasteiger partial charge is 0.0329 e. The molecule has 0 bridgehead atoms. The van der Waals surface area contributed by atoms with Crippen LogP contribution in [-0.2, 0) is 0 Å². The molecule has 0 fully saturated rings. The van der Waals surface area contributed by atoms with E-state index in [-0.39, 0.29) is 6.04 Å². The summed E-state index contributed by atoms with van der Waals surface area (Å²) in [5.41, 5.74) is 13.6.